The van der Waals surface area contributed by atoms with Crippen molar-refractivity contribution >= 4 is 17.3 Å². The third kappa shape index (κ3) is 1.88. The molecule has 6 heteroatoms. The number of amides is 1. The molecule has 2 aliphatic rings. The highest BCUT2D eigenvalue weighted by Crippen LogP contribution is 2.45. The Bertz CT molecular complexity index is 526. The van der Waals surface area contributed by atoms with Crippen LogP contribution >= 0.6 is 0 Å². The molecule has 2 heterocycles. The van der Waals surface area contributed by atoms with Crippen LogP contribution in [0.4, 0.5) is 11.4 Å². The number of nitrogens with zero attached hydrogens (tertiary/aromatic N) is 1. The van der Waals surface area contributed by atoms with E-state index in [1.165, 1.54) is 0 Å². The van der Waals surface area contributed by atoms with Crippen molar-refractivity contribution < 1.29 is 14.3 Å². The molecule has 0 atom stereocenters. The highest BCUT2D eigenvalue weighted by Gasteiger charge is 2.54. The lowest BCUT2D eigenvalue weighted by molar-refractivity contribution is -0.256. The standard InChI is InChI=1S/C14H19N3O3/c15-5-1-6-17-12-4-3-10(16)9-11(12)14(13(17)18)19-7-2-8-20-14/h3-4,9H,1-2,5-8,15-16H2. The fourth-order valence-electron chi connectivity index (χ4n) is 2.74. The molecule has 0 saturated carbocycles. The van der Waals surface area contributed by atoms with Gasteiger partial charge < -0.3 is 25.8 Å². The van der Waals surface area contributed by atoms with Gasteiger partial charge in [-0.25, -0.2) is 0 Å². The number of benzene rings is 1. The highest BCUT2D eigenvalue weighted by molar-refractivity contribution is 6.06. The molecule has 1 aromatic carbocycles. The summed E-state index contributed by atoms with van der Waals surface area (Å²) in [5, 5.41) is 0. The van der Waals surface area contributed by atoms with Gasteiger partial charge >= 0.3 is 0 Å². The molecule has 0 unspecified atom stereocenters. The molecule has 1 saturated heterocycles. The van der Waals surface area contributed by atoms with Crippen LogP contribution in [0.25, 0.3) is 0 Å². The predicted molar refractivity (Wildman–Crippen MR) is 75.1 cm³/mol. The SMILES string of the molecule is NCCCN1C(=O)C2(OCCCO2)c2cc(N)ccc21. The molecule has 2 aliphatic heterocycles. The summed E-state index contributed by atoms with van der Waals surface area (Å²) >= 11 is 0. The van der Waals surface area contributed by atoms with Gasteiger partial charge in [0.15, 0.2) is 0 Å². The van der Waals surface area contributed by atoms with E-state index in [0.717, 1.165) is 18.5 Å². The van der Waals surface area contributed by atoms with Crippen molar-refractivity contribution in [3.8, 4) is 0 Å². The van der Waals surface area contributed by atoms with Gasteiger partial charge in [0.1, 0.15) is 0 Å². The van der Waals surface area contributed by atoms with Crippen molar-refractivity contribution in [2.45, 2.75) is 18.6 Å². The van der Waals surface area contributed by atoms with Crippen molar-refractivity contribution in [3.63, 3.8) is 0 Å². The van der Waals surface area contributed by atoms with E-state index in [4.69, 9.17) is 20.9 Å². The number of hydrogen-bond donors (Lipinski definition) is 2. The van der Waals surface area contributed by atoms with Crippen LogP contribution in [0.5, 0.6) is 0 Å². The number of ether oxygens (including phenoxy) is 2. The van der Waals surface area contributed by atoms with Crippen LogP contribution in [0.2, 0.25) is 0 Å². The zero-order valence-electron chi connectivity index (χ0n) is 11.3. The van der Waals surface area contributed by atoms with Crippen LogP contribution < -0.4 is 16.4 Å². The summed E-state index contributed by atoms with van der Waals surface area (Å²) in [6.45, 7) is 2.10. The maximum atomic E-state index is 12.8. The van der Waals surface area contributed by atoms with Gasteiger partial charge in [-0.1, -0.05) is 0 Å². The number of hydrogen-bond acceptors (Lipinski definition) is 5. The van der Waals surface area contributed by atoms with Crippen LogP contribution in [0.3, 0.4) is 0 Å². The Labute approximate surface area is 117 Å². The van der Waals surface area contributed by atoms with Gasteiger partial charge in [0.05, 0.1) is 18.9 Å². The van der Waals surface area contributed by atoms with Crippen molar-refractivity contribution in [1.29, 1.82) is 0 Å². The quantitative estimate of drug-likeness (QED) is 0.788. The topological polar surface area (TPSA) is 90.8 Å². The molecule has 0 radical (unpaired) electrons. The Morgan fingerprint density at radius 1 is 1.30 bits per heavy atom. The summed E-state index contributed by atoms with van der Waals surface area (Å²) in [5.41, 5.74) is 13.5. The Hall–Kier alpha value is -1.63. The Morgan fingerprint density at radius 2 is 2.05 bits per heavy atom. The van der Waals surface area contributed by atoms with E-state index in [1.807, 2.05) is 6.07 Å². The number of carbonyl (C=O) groups excluding carboxylic acids is 1. The van der Waals surface area contributed by atoms with Crippen molar-refractivity contribution in [2.75, 3.05) is 36.9 Å². The average molecular weight is 277 g/mol. The van der Waals surface area contributed by atoms with Crippen LogP contribution in [-0.2, 0) is 20.1 Å². The Balaban J connectivity index is 2.05. The van der Waals surface area contributed by atoms with Crippen molar-refractivity contribution in [3.05, 3.63) is 23.8 Å². The molecular weight excluding hydrogens is 258 g/mol. The molecule has 6 nitrogen and oxygen atoms in total. The van der Waals surface area contributed by atoms with Gasteiger partial charge in [0.25, 0.3) is 11.7 Å². The average Bonchev–Trinajstić information content (AvgIpc) is 2.68. The van der Waals surface area contributed by atoms with E-state index in [2.05, 4.69) is 0 Å². The van der Waals surface area contributed by atoms with Gasteiger partial charge in [-0.3, -0.25) is 4.79 Å². The van der Waals surface area contributed by atoms with Crippen molar-refractivity contribution in [1.82, 2.24) is 0 Å². The summed E-state index contributed by atoms with van der Waals surface area (Å²) in [6.07, 6.45) is 1.51. The number of carbonyl (C=O) groups is 1. The van der Waals surface area contributed by atoms with Crippen LogP contribution in [0, 0.1) is 0 Å². The molecule has 0 aromatic heterocycles. The van der Waals surface area contributed by atoms with E-state index < -0.39 is 5.79 Å². The number of rotatable bonds is 3. The van der Waals surface area contributed by atoms with Crippen LogP contribution in [0.1, 0.15) is 18.4 Å². The third-order valence-electron chi connectivity index (χ3n) is 3.68. The second-order valence-corrected chi connectivity index (χ2v) is 5.04. The third-order valence-corrected chi connectivity index (χ3v) is 3.68. The molecule has 108 valence electrons. The maximum Gasteiger partial charge on any atom is 0.292 e. The molecule has 1 aromatic rings. The molecule has 0 bridgehead atoms. The fraction of sp³-hybridized carbons (Fsp3) is 0.500. The number of anilines is 2. The van der Waals surface area contributed by atoms with Gasteiger partial charge in [0, 0.05) is 17.8 Å². The van der Waals surface area contributed by atoms with E-state index in [1.54, 1.807) is 17.0 Å². The first-order chi connectivity index (χ1) is 9.69. The summed E-state index contributed by atoms with van der Waals surface area (Å²) in [5.74, 6) is -1.48. The first-order valence-electron chi connectivity index (χ1n) is 6.89. The second kappa shape index (κ2) is 5.05. The van der Waals surface area contributed by atoms with E-state index in [-0.39, 0.29) is 5.91 Å². The first kappa shape index (κ1) is 13.4. The summed E-state index contributed by atoms with van der Waals surface area (Å²) in [4.78, 5) is 14.4. The lowest BCUT2D eigenvalue weighted by atomic mass is 10.1. The summed E-state index contributed by atoms with van der Waals surface area (Å²) in [6, 6.07) is 5.39. The molecule has 3 rings (SSSR count). The van der Waals surface area contributed by atoms with E-state index >= 15 is 0 Å². The van der Waals surface area contributed by atoms with Gasteiger partial charge in [-0.15, -0.1) is 0 Å². The monoisotopic (exact) mass is 277 g/mol. The van der Waals surface area contributed by atoms with Crippen LogP contribution in [-0.4, -0.2) is 32.2 Å². The Morgan fingerprint density at radius 3 is 2.75 bits per heavy atom. The van der Waals surface area contributed by atoms with E-state index in [9.17, 15) is 4.79 Å². The molecule has 0 aliphatic carbocycles. The molecular formula is C14H19N3O3. The van der Waals surface area contributed by atoms with Gasteiger partial charge in [-0.2, -0.15) is 0 Å². The molecule has 1 spiro atoms. The Kier molecular flexibility index (Phi) is 3.37. The fourth-order valence-corrected chi connectivity index (χ4v) is 2.74. The summed E-state index contributed by atoms with van der Waals surface area (Å²) < 4.78 is 11.5. The highest BCUT2D eigenvalue weighted by atomic mass is 16.7. The largest absolute Gasteiger partial charge is 0.399 e. The minimum Gasteiger partial charge on any atom is -0.399 e. The first-order valence-corrected chi connectivity index (χ1v) is 6.89. The number of nitrogen functional groups attached to an aromatic ring is 1. The molecule has 1 fully saturated rings. The lowest BCUT2D eigenvalue weighted by Crippen LogP contribution is -2.47. The second-order valence-electron chi connectivity index (χ2n) is 5.04. The molecule has 20 heavy (non-hydrogen) atoms. The number of nitrogens with two attached hydrogens (primary N) is 2. The molecule has 4 N–H and O–H groups in total. The van der Waals surface area contributed by atoms with Gasteiger partial charge in [0.2, 0.25) is 0 Å². The minimum absolute atomic E-state index is 0.175. The zero-order valence-corrected chi connectivity index (χ0v) is 11.3. The minimum atomic E-state index is -1.31. The van der Waals surface area contributed by atoms with Gasteiger partial charge in [-0.05, 0) is 37.6 Å². The maximum absolute atomic E-state index is 12.8. The lowest BCUT2D eigenvalue weighted by Gasteiger charge is -2.32. The zero-order chi connectivity index (χ0) is 14.2. The normalized spacial score (nSPS) is 20.4. The van der Waals surface area contributed by atoms with E-state index in [0.29, 0.717) is 37.6 Å². The predicted octanol–water partition coefficient (Wildman–Crippen LogP) is 0.554. The molecule has 1 amide bonds. The summed E-state index contributed by atoms with van der Waals surface area (Å²) in [7, 11) is 0. The van der Waals surface area contributed by atoms with Crippen LogP contribution in [0.15, 0.2) is 18.2 Å². The number of fused-ring (bicyclic) bond motifs is 2. The smallest absolute Gasteiger partial charge is 0.292 e. The van der Waals surface area contributed by atoms with Crippen molar-refractivity contribution in [2.24, 2.45) is 5.73 Å².